The zero-order chi connectivity index (χ0) is 14.4. The fourth-order valence-electron chi connectivity index (χ4n) is 2.27. The van der Waals surface area contributed by atoms with Gasteiger partial charge in [0.25, 0.3) is 0 Å². The molecule has 0 spiro atoms. The van der Waals surface area contributed by atoms with Crippen molar-refractivity contribution in [3.63, 3.8) is 0 Å². The molecule has 1 atom stereocenters. The first-order valence-electron chi connectivity index (χ1n) is 5.77. The molecule has 1 amide bonds. The van der Waals surface area contributed by atoms with Crippen LogP contribution in [-0.2, 0) is 11.3 Å². The quantitative estimate of drug-likeness (QED) is 0.894. The Kier molecular flexibility index (Phi) is 3.35. The highest BCUT2D eigenvalue weighted by molar-refractivity contribution is 9.11. The SMILES string of the molecule is NC1C(=O)N(Cc2ccc(Br)s2)c2cc(F)cc(F)c21. The van der Waals surface area contributed by atoms with Crippen LogP contribution in [0.25, 0.3) is 0 Å². The predicted molar refractivity (Wildman–Crippen MR) is 76.5 cm³/mol. The van der Waals surface area contributed by atoms with Gasteiger partial charge in [0.1, 0.15) is 17.7 Å². The van der Waals surface area contributed by atoms with E-state index in [4.69, 9.17) is 5.73 Å². The first kappa shape index (κ1) is 13.7. The lowest BCUT2D eigenvalue weighted by Crippen LogP contribution is -2.31. The Morgan fingerprint density at radius 2 is 2.10 bits per heavy atom. The second-order valence-corrected chi connectivity index (χ2v) is 6.98. The molecule has 0 bridgehead atoms. The number of fused-ring (bicyclic) bond motifs is 1. The van der Waals surface area contributed by atoms with Gasteiger partial charge in [-0.3, -0.25) is 4.79 Å². The minimum Gasteiger partial charge on any atom is -0.316 e. The normalized spacial score (nSPS) is 17.7. The van der Waals surface area contributed by atoms with Gasteiger partial charge in [-0.15, -0.1) is 11.3 Å². The summed E-state index contributed by atoms with van der Waals surface area (Å²) in [6.07, 6.45) is 0. The van der Waals surface area contributed by atoms with E-state index in [2.05, 4.69) is 15.9 Å². The number of benzene rings is 1. The number of anilines is 1. The Hall–Kier alpha value is -1.31. The molecule has 1 aromatic heterocycles. The van der Waals surface area contributed by atoms with Crippen molar-refractivity contribution in [2.45, 2.75) is 12.6 Å². The van der Waals surface area contributed by atoms with Gasteiger partial charge < -0.3 is 10.6 Å². The Labute approximate surface area is 126 Å². The summed E-state index contributed by atoms with van der Waals surface area (Å²) in [5.74, 6) is -1.93. The maximum atomic E-state index is 13.8. The zero-order valence-electron chi connectivity index (χ0n) is 10.1. The first-order valence-corrected chi connectivity index (χ1v) is 7.38. The summed E-state index contributed by atoms with van der Waals surface area (Å²) in [5.41, 5.74) is 6.01. The summed E-state index contributed by atoms with van der Waals surface area (Å²) in [4.78, 5) is 14.4. The summed E-state index contributed by atoms with van der Waals surface area (Å²) < 4.78 is 28.1. The fourth-order valence-corrected chi connectivity index (χ4v) is 3.74. The Bertz CT molecular complexity index is 704. The standard InChI is InChI=1S/C13H9BrF2N2OS/c14-10-2-1-7(20-10)5-18-9-4-6(15)3-8(16)11(9)12(17)13(18)19/h1-4,12H,5,17H2. The Morgan fingerprint density at radius 1 is 1.35 bits per heavy atom. The molecule has 0 aliphatic carbocycles. The lowest BCUT2D eigenvalue weighted by atomic mass is 10.1. The first-order chi connectivity index (χ1) is 9.47. The van der Waals surface area contributed by atoms with E-state index < -0.39 is 23.6 Å². The number of hydrogen-bond acceptors (Lipinski definition) is 3. The van der Waals surface area contributed by atoms with E-state index in [1.165, 1.54) is 16.2 Å². The lowest BCUT2D eigenvalue weighted by Gasteiger charge is -2.16. The van der Waals surface area contributed by atoms with Crippen LogP contribution in [0.15, 0.2) is 28.1 Å². The van der Waals surface area contributed by atoms with Gasteiger partial charge in [-0.1, -0.05) is 0 Å². The van der Waals surface area contributed by atoms with Crippen LogP contribution < -0.4 is 10.6 Å². The number of amides is 1. The largest absolute Gasteiger partial charge is 0.316 e. The smallest absolute Gasteiger partial charge is 0.249 e. The summed E-state index contributed by atoms with van der Waals surface area (Å²) >= 11 is 4.79. The number of thiophene rings is 1. The minimum atomic E-state index is -1.07. The van der Waals surface area contributed by atoms with Crippen molar-refractivity contribution in [1.29, 1.82) is 0 Å². The molecule has 1 unspecified atom stereocenters. The van der Waals surface area contributed by atoms with Crippen LogP contribution in [0.3, 0.4) is 0 Å². The molecule has 0 fully saturated rings. The van der Waals surface area contributed by atoms with Crippen LogP contribution in [0.4, 0.5) is 14.5 Å². The second kappa shape index (κ2) is 4.91. The monoisotopic (exact) mass is 358 g/mol. The molecule has 20 heavy (non-hydrogen) atoms. The number of rotatable bonds is 2. The third-order valence-corrected chi connectivity index (χ3v) is 4.76. The van der Waals surface area contributed by atoms with Crippen molar-refractivity contribution in [3.05, 3.63) is 50.1 Å². The van der Waals surface area contributed by atoms with Crippen molar-refractivity contribution in [1.82, 2.24) is 0 Å². The van der Waals surface area contributed by atoms with E-state index >= 15 is 0 Å². The third-order valence-electron chi connectivity index (χ3n) is 3.15. The number of hydrogen-bond donors (Lipinski definition) is 1. The van der Waals surface area contributed by atoms with E-state index in [0.29, 0.717) is 0 Å². The number of nitrogens with two attached hydrogens (primary N) is 1. The molecule has 2 N–H and O–H groups in total. The van der Waals surface area contributed by atoms with E-state index in [0.717, 1.165) is 20.8 Å². The predicted octanol–water partition coefficient (Wildman–Crippen LogP) is 3.34. The van der Waals surface area contributed by atoms with Crippen molar-refractivity contribution in [2.24, 2.45) is 5.73 Å². The molecule has 2 aromatic rings. The molecule has 1 aromatic carbocycles. The molecule has 1 aliphatic heterocycles. The Morgan fingerprint density at radius 3 is 2.75 bits per heavy atom. The van der Waals surface area contributed by atoms with Crippen molar-refractivity contribution in [2.75, 3.05) is 4.90 Å². The van der Waals surface area contributed by atoms with E-state index in [9.17, 15) is 13.6 Å². The molecule has 0 saturated heterocycles. The average Bonchev–Trinajstić information content (AvgIpc) is 2.87. The summed E-state index contributed by atoms with van der Waals surface area (Å²) in [6, 6.07) is 4.52. The van der Waals surface area contributed by atoms with Gasteiger partial charge in [0, 0.05) is 16.5 Å². The van der Waals surface area contributed by atoms with Crippen LogP contribution in [0.2, 0.25) is 0 Å². The van der Waals surface area contributed by atoms with Gasteiger partial charge in [0.05, 0.1) is 16.0 Å². The summed E-state index contributed by atoms with van der Waals surface area (Å²) in [6.45, 7) is 0.249. The lowest BCUT2D eigenvalue weighted by molar-refractivity contribution is -0.119. The zero-order valence-corrected chi connectivity index (χ0v) is 12.5. The maximum absolute atomic E-state index is 13.8. The van der Waals surface area contributed by atoms with E-state index in [-0.39, 0.29) is 17.8 Å². The van der Waals surface area contributed by atoms with Crippen LogP contribution in [-0.4, -0.2) is 5.91 Å². The van der Waals surface area contributed by atoms with Crippen LogP contribution in [0.5, 0.6) is 0 Å². The fraction of sp³-hybridized carbons (Fsp3) is 0.154. The van der Waals surface area contributed by atoms with Gasteiger partial charge in [-0.05, 0) is 34.1 Å². The van der Waals surface area contributed by atoms with Crippen LogP contribution in [0.1, 0.15) is 16.5 Å². The molecular formula is C13H9BrF2N2OS. The van der Waals surface area contributed by atoms with Crippen molar-refractivity contribution in [3.8, 4) is 0 Å². The third kappa shape index (κ3) is 2.15. The molecule has 104 valence electrons. The topological polar surface area (TPSA) is 46.3 Å². The number of halogens is 3. The highest BCUT2D eigenvalue weighted by Gasteiger charge is 2.37. The molecule has 3 rings (SSSR count). The maximum Gasteiger partial charge on any atom is 0.249 e. The Balaban J connectivity index is 2.03. The highest BCUT2D eigenvalue weighted by Crippen LogP contribution is 2.38. The van der Waals surface area contributed by atoms with E-state index in [1.807, 2.05) is 12.1 Å². The van der Waals surface area contributed by atoms with Crippen molar-refractivity contribution < 1.29 is 13.6 Å². The van der Waals surface area contributed by atoms with Gasteiger partial charge >= 0.3 is 0 Å². The summed E-state index contributed by atoms with van der Waals surface area (Å²) in [5, 5.41) is 0. The average molecular weight is 359 g/mol. The summed E-state index contributed by atoms with van der Waals surface area (Å²) in [7, 11) is 0. The van der Waals surface area contributed by atoms with Crippen LogP contribution in [0, 0.1) is 11.6 Å². The van der Waals surface area contributed by atoms with Crippen LogP contribution >= 0.6 is 27.3 Å². The molecule has 2 heterocycles. The van der Waals surface area contributed by atoms with E-state index in [1.54, 1.807) is 0 Å². The van der Waals surface area contributed by atoms with Gasteiger partial charge in [0.2, 0.25) is 5.91 Å². The number of nitrogens with zero attached hydrogens (tertiary/aromatic N) is 1. The number of carbonyl (C=O) groups is 1. The minimum absolute atomic E-state index is 0.0621. The molecule has 7 heteroatoms. The molecular weight excluding hydrogens is 350 g/mol. The molecule has 0 radical (unpaired) electrons. The molecule has 0 saturated carbocycles. The second-order valence-electron chi connectivity index (χ2n) is 4.43. The molecule has 1 aliphatic rings. The van der Waals surface area contributed by atoms with Crippen molar-refractivity contribution >= 4 is 38.9 Å². The van der Waals surface area contributed by atoms with Gasteiger partial charge in [-0.25, -0.2) is 8.78 Å². The van der Waals surface area contributed by atoms with Gasteiger partial charge in [-0.2, -0.15) is 0 Å². The highest BCUT2D eigenvalue weighted by atomic mass is 79.9. The number of carbonyl (C=O) groups excluding carboxylic acids is 1. The molecule has 3 nitrogen and oxygen atoms in total. The van der Waals surface area contributed by atoms with Gasteiger partial charge in [0.15, 0.2) is 0 Å².